The predicted octanol–water partition coefficient (Wildman–Crippen LogP) is 2.61. The van der Waals surface area contributed by atoms with Gasteiger partial charge in [0.15, 0.2) is 5.78 Å². The molecule has 1 rings (SSSR count). The maximum atomic E-state index is 15.1. The molecule has 1 fully saturated rings. The van der Waals surface area contributed by atoms with Crippen molar-refractivity contribution in [3.63, 3.8) is 0 Å². The summed E-state index contributed by atoms with van der Waals surface area (Å²) in [6.45, 7) is 4.74. The van der Waals surface area contributed by atoms with Crippen LogP contribution in [0.5, 0.6) is 0 Å². The highest BCUT2D eigenvalue weighted by Crippen LogP contribution is 2.44. The van der Waals surface area contributed by atoms with E-state index in [1.54, 1.807) is 18.2 Å². The van der Waals surface area contributed by atoms with Gasteiger partial charge in [-0.1, -0.05) is 32.1 Å². The number of nitrogens with one attached hydrogen (secondary N) is 1. The van der Waals surface area contributed by atoms with Crippen molar-refractivity contribution in [2.45, 2.75) is 103 Å². The van der Waals surface area contributed by atoms with Gasteiger partial charge in [0.1, 0.15) is 25.2 Å². The Hall–Kier alpha value is -1.72. The number of halogens is 2. The molecule has 196 valence electrons. The lowest BCUT2D eigenvalue weighted by atomic mass is 9.75. The summed E-state index contributed by atoms with van der Waals surface area (Å²) in [4.78, 5) is 23.9. The summed E-state index contributed by atoms with van der Waals surface area (Å²) in [6.07, 6.45) is 1.95. The number of ether oxygens (including phenoxy) is 2. The number of rotatable bonds is 14. The quantitative estimate of drug-likeness (QED) is 0.167. The maximum Gasteiger partial charge on any atom is 0.255 e. The van der Waals surface area contributed by atoms with Crippen LogP contribution < -0.4 is 5.32 Å². The molecule has 34 heavy (non-hydrogen) atoms. The highest BCUT2D eigenvalue weighted by molar-refractivity contribution is 5.93. The van der Waals surface area contributed by atoms with E-state index in [0.29, 0.717) is 19.3 Å². The Morgan fingerprint density at radius 3 is 2.50 bits per heavy atom. The molecule has 0 aromatic heterocycles. The first kappa shape index (κ1) is 30.3. The molecule has 0 aromatic carbocycles. The number of carbonyl (C=O) groups excluding carboxylic acids is 2. The zero-order chi connectivity index (χ0) is 25.9. The van der Waals surface area contributed by atoms with E-state index < -0.39 is 61.1 Å². The fourth-order valence-electron chi connectivity index (χ4n) is 3.64. The average Bonchev–Trinajstić information content (AvgIpc) is 2.77. The van der Waals surface area contributed by atoms with Crippen molar-refractivity contribution < 1.29 is 43.2 Å². The van der Waals surface area contributed by atoms with Crippen LogP contribution in [0.2, 0.25) is 0 Å². The second-order valence-corrected chi connectivity index (χ2v) is 9.15. The normalized spacial score (nSPS) is 22.6. The van der Waals surface area contributed by atoms with E-state index in [4.69, 9.17) is 14.6 Å². The van der Waals surface area contributed by atoms with Gasteiger partial charge < -0.3 is 30.1 Å². The third kappa shape index (κ3) is 9.14. The minimum Gasteiger partial charge on any atom is -0.392 e. The van der Waals surface area contributed by atoms with Gasteiger partial charge in [0.05, 0.1) is 17.6 Å². The third-order valence-corrected chi connectivity index (χ3v) is 6.17. The van der Waals surface area contributed by atoms with Gasteiger partial charge in [0.2, 0.25) is 0 Å². The molecule has 0 spiro atoms. The van der Waals surface area contributed by atoms with Crippen LogP contribution in [0.15, 0.2) is 24.3 Å². The molecule has 0 aliphatic carbocycles. The number of aliphatic hydroxyl groups is 3. The number of aliphatic hydroxyl groups excluding tert-OH is 3. The van der Waals surface area contributed by atoms with Crippen molar-refractivity contribution in [1.82, 2.24) is 5.32 Å². The number of alkyl halides is 2. The minimum atomic E-state index is -3.36. The molecule has 5 atom stereocenters. The molecule has 1 aliphatic rings. The van der Waals surface area contributed by atoms with Crippen LogP contribution in [0.3, 0.4) is 0 Å². The minimum absolute atomic E-state index is 0.0553. The van der Waals surface area contributed by atoms with E-state index in [-0.39, 0.29) is 18.6 Å². The largest absolute Gasteiger partial charge is 0.392 e. The van der Waals surface area contributed by atoms with Gasteiger partial charge in [-0.05, 0) is 45.6 Å². The highest BCUT2D eigenvalue weighted by atomic mass is 19.3. The molecule has 0 aromatic rings. The van der Waals surface area contributed by atoms with Crippen molar-refractivity contribution in [1.29, 1.82) is 0 Å². The first-order valence-corrected chi connectivity index (χ1v) is 11.6. The van der Waals surface area contributed by atoms with E-state index >= 15 is 8.78 Å². The predicted molar refractivity (Wildman–Crippen MR) is 122 cm³/mol. The van der Waals surface area contributed by atoms with E-state index in [1.807, 2.05) is 6.92 Å². The average molecular weight is 492 g/mol. The second kappa shape index (κ2) is 14.0. The van der Waals surface area contributed by atoms with Crippen LogP contribution in [0.4, 0.5) is 8.78 Å². The van der Waals surface area contributed by atoms with Gasteiger partial charge >= 0.3 is 0 Å². The van der Waals surface area contributed by atoms with Crippen LogP contribution in [0.1, 0.15) is 66.2 Å². The Labute approximate surface area is 200 Å². The summed E-state index contributed by atoms with van der Waals surface area (Å²) in [5.74, 6) is -4.38. The van der Waals surface area contributed by atoms with Crippen molar-refractivity contribution in [2.75, 3.05) is 6.79 Å². The molecule has 0 radical (unpaired) electrons. The molecule has 1 aliphatic heterocycles. The molecule has 5 unspecified atom stereocenters. The first-order chi connectivity index (χ1) is 15.9. The molecular weight excluding hydrogens is 452 g/mol. The first-order valence-electron chi connectivity index (χ1n) is 11.6. The van der Waals surface area contributed by atoms with Crippen LogP contribution in [0, 0.1) is 5.41 Å². The molecule has 1 saturated heterocycles. The van der Waals surface area contributed by atoms with Crippen molar-refractivity contribution in [3.05, 3.63) is 24.3 Å². The van der Waals surface area contributed by atoms with Gasteiger partial charge in [0, 0.05) is 12.8 Å². The van der Waals surface area contributed by atoms with Gasteiger partial charge in [-0.2, -0.15) is 0 Å². The maximum absolute atomic E-state index is 15.1. The van der Waals surface area contributed by atoms with Crippen molar-refractivity contribution >= 4 is 11.7 Å². The Morgan fingerprint density at radius 2 is 1.91 bits per heavy atom. The number of amides is 1. The monoisotopic (exact) mass is 491 g/mol. The number of hydrogen-bond acceptors (Lipinski definition) is 7. The Kier molecular flexibility index (Phi) is 12.5. The van der Waals surface area contributed by atoms with Crippen molar-refractivity contribution in [2.24, 2.45) is 5.41 Å². The van der Waals surface area contributed by atoms with Gasteiger partial charge in [-0.3, -0.25) is 9.59 Å². The number of carbonyl (C=O) groups is 2. The van der Waals surface area contributed by atoms with Gasteiger partial charge in [0.25, 0.3) is 11.8 Å². The van der Waals surface area contributed by atoms with Gasteiger partial charge in [-0.25, -0.2) is 8.78 Å². The molecular formula is C24H39F2NO7. The zero-order valence-corrected chi connectivity index (χ0v) is 20.4. The molecule has 1 heterocycles. The molecule has 8 nitrogen and oxygen atoms in total. The Morgan fingerprint density at radius 1 is 1.24 bits per heavy atom. The molecule has 0 bridgehead atoms. The summed E-state index contributed by atoms with van der Waals surface area (Å²) in [5, 5.41) is 31.2. The Bertz CT molecular complexity index is 709. The molecule has 1 amide bonds. The third-order valence-electron chi connectivity index (χ3n) is 6.17. The lowest BCUT2D eigenvalue weighted by molar-refractivity contribution is -0.181. The lowest BCUT2D eigenvalue weighted by Gasteiger charge is -2.40. The van der Waals surface area contributed by atoms with E-state index in [9.17, 15) is 19.8 Å². The van der Waals surface area contributed by atoms with Crippen molar-refractivity contribution in [3.8, 4) is 0 Å². The summed E-state index contributed by atoms with van der Waals surface area (Å²) >= 11 is 0. The fraction of sp³-hybridized carbons (Fsp3) is 0.750. The van der Waals surface area contributed by atoms with Crippen LogP contribution in [0.25, 0.3) is 0 Å². The van der Waals surface area contributed by atoms with E-state index in [1.165, 1.54) is 26.8 Å². The number of hydrogen-bond donors (Lipinski definition) is 4. The number of allylic oxidation sites excluding steroid dienone is 3. The summed E-state index contributed by atoms with van der Waals surface area (Å²) in [6, 6.07) is 0. The molecule has 4 N–H and O–H groups in total. The van der Waals surface area contributed by atoms with Crippen LogP contribution in [-0.2, 0) is 19.1 Å². The summed E-state index contributed by atoms with van der Waals surface area (Å²) in [5.41, 5.74) is -1.85. The summed E-state index contributed by atoms with van der Waals surface area (Å²) in [7, 11) is 0. The topological polar surface area (TPSA) is 125 Å². The molecule has 10 heteroatoms. The Balaban J connectivity index is 2.74. The SMILES string of the molecule is C/C=C/C=C/C(=O)C1CCCC(CC(O)C(C)(C)C(F)(F)CCC(NC(=O)C(C)O)OCO)O1. The van der Waals surface area contributed by atoms with E-state index in [0.717, 1.165) is 0 Å². The highest BCUT2D eigenvalue weighted by Gasteiger charge is 2.51. The van der Waals surface area contributed by atoms with Crippen LogP contribution in [-0.4, -0.2) is 70.4 Å². The van der Waals surface area contributed by atoms with Gasteiger partial charge in [-0.15, -0.1) is 0 Å². The lowest BCUT2D eigenvalue weighted by Crippen LogP contribution is -2.49. The van der Waals surface area contributed by atoms with Crippen LogP contribution >= 0.6 is 0 Å². The zero-order valence-electron chi connectivity index (χ0n) is 20.4. The smallest absolute Gasteiger partial charge is 0.255 e. The number of ketones is 1. The standard InChI is InChI=1S/C24H39F2NO7/c1-5-6-7-10-18(30)19-11-8-9-17(34-19)14-20(31)23(3,4)24(25,26)13-12-21(33-15-28)27-22(32)16(2)29/h5-7,10,16-17,19-21,28-29,31H,8-9,11-15H2,1-4H3,(H,27,32)/b6-5+,10-7+. The summed E-state index contributed by atoms with van der Waals surface area (Å²) < 4.78 is 40.9. The fourth-order valence-corrected chi connectivity index (χ4v) is 3.64. The second-order valence-electron chi connectivity index (χ2n) is 9.15. The van der Waals surface area contributed by atoms with E-state index in [2.05, 4.69) is 5.32 Å². The molecule has 0 saturated carbocycles.